The topological polar surface area (TPSA) is 59.8 Å². The normalized spacial score (nSPS) is 16.7. The largest absolute Gasteiger partial charge is 0.349 e. The number of hydrogen-bond donors (Lipinski definition) is 1. The highest BCUT2D eigenvalue weighted by molar-refractivity contribution is 7.13. The van der Waals surface area contributed by atoms with Crippen LogP contribution in [0.1, 0.15) is 92.9 Å². The molecule has 1 N–H and O–H groups in total. The van der Waals surface area contributed by atoms with Gasteiger partial charge in [0.25, 0.3) is 5.91 Å². The molecular formula is C30H38N4OS. The number of carbonyl (C=O) groups excluding carboxylic acids is 1. The molecule has 190 valence electrons. The Hall–Kier alpha value is -2.73. The van der Waals surface area contributed by atoms with Crippen LogP contribution >= 0.6 is 11.3 Å². The maximum absolute atomic E-state index is 13.4. The van der Waals surface area contributed by atoms with Gasteiger partial charge in [-0.25, -0.2) is 4.98 Å². The molecule has 3 aromatic heterocycles. The van der Waals surface area contributed by atoms with Gasteiger partial charge in [-0.3, -0.25) is 9.78 Å². The fraction of sp³-hybridized carbons (Fsp3) is 0.500. The first-order valence-corrected chi connectivity index (χ1v) is 14.6. The summed E-state index contributed by atoms with van der Waals surface area (Å²) >= 11 is 1.66. The zero-order chi connectivity index (χ0) is 24.9. The minimum atomic E-state index is 0.0634. The molecular weight excluding hydrogens is 464 g/mol. The van der Waals surface area contributed by atoms with Crippen LogP contribution in [0.15, 0.2) is 41.4 Å². The molecule has 1 amide bonds. The van der Waals surface area contributed by atoms with Crippen molar-refractivity contribution in [2.75, 3.05) is 0 Å². The number of rotatable bonds is 8. The zero-order valence-corrected chi connectivity index (χ0v) is 22.5. The van der Waals surface area contributed by atoms with E-state index in [0.717, 1.165) is 71.1 Å². The lowest BCUT2D eigenvalue weighted by Crippen LogP contribution is -2.36. The number of nitrogens with zero attached hydrogens (tertiary/aromatic N) is 3. The second-order valence-electron chi connectivity index (χ2n) is 10.3. The Morgan fingerprint density at radius 2 is 2.03 bits per heavy atom. The molecule has 6 heteroatoms. The number of pyridine rings is 1. The third kappa shape index (κ3) is 5.64. The molecule has 0 bridgehead atoms. The molecule has 0 radical (unpaired) electrons. The average molecular weight is 503 g/mol. The summed E-state index contributed by atoms with van der Waals surface area (Å²) in [6, 6.07) is 6.54. The van der Waals surface area contributed by atoms with Crippen molar-refractivity contribution in [2.24, 2.45) is 0 Å². The Bertz CT molecular complexity index is 1230. The van der Waals surface area contributed by atoms with E-state index in [-0.39, 0.29) is 5.91 Å². The van der Waals surface area contributed by atoms with Gasteiger partial charge in [-0.1, -0.05) is 37.8 Å². The molecule has 0 aromatic carbocycles. The van der Waals surface area contributed by atoms with Crippen molar-refractivity contribution >= 4 is 17.2 Å². The molecule has 3 heterocycles. The lowest BCUT2D eigenvalue weighted by atomic mass is 9.95. The summed E-state index contributed by atoms with van der Waals surface area (Å²) in [6.45, 7) is 5.10. The molecule has 36 heavy (non-hydrogen) atoms. The Morgan fingerprint density at radius 3 is 2.81 bits per heavy atom. The number of aryl methyl sites for hydroxylation is 1. The molecule has 5 rings (SSSR count). The molecule has 1 saturated carbocycles. The third-order valence-corrected chi connectivity index (χ3v) is 8.68. The smallest absolute Gasteiger partial charge is 0.253 e. The van der Waals surface area contributed by atoms with Crippen molar-refractivity contribution in [1.82, 2.24) is 19.9 Å². The van der Waals surface area contributed by atoms with E-state index in [1.807, 2.05) is 12.3 Å². The Morgan fingerprint density at radius 1 is 1.17 bits per heavy atom. The highest BCUT2D eigenvalue weighted by Crippen LogP contribution is 2.33. The predicted octanol–water partition coefficient (Wildman–Crippen LogP) is 7.50. The maximum Gasteiger partial charge on any atom is 0.253 e. The average Bonchev–Trinajstić information content (AvgIpc) is 3.53. The Labute approximate surface area is 219 Å². The number of nitrogens with one attached hydrogen (secondary N) is 1. The molecule has 1 fully saturated rings. The Kier molecular flexibility index (Phi) is 8.00. The van der Waals surface area contributed by atoms with Crippen molar-refractivity contribution in [2.45, 2.75) is 97.1 Å². The van der Waals surface area contributed by atoms with Crippen LogP contribution in [-0.2, 0) is 13.0 Å². The first kappa shape index (κ1) is 24.9. The summed E-state index contributed by atoms with van der Waals surface area (Å²) < 4.78 is 2.33. The first-order chi connectivity index (χ1) is 17.6. The Balaban J connectivity index is 1.45. The molecule has 0 unspecified atom stereocenters. The van der Waals surface area contributed by atoms with Gasteiger partial charge in [-0.2, -0.15) is 0 Å². The van der Waals surface area contributed by atoms with Gasteiger partial charge in [0.05, 0.1) is 17.0 Å². The van der Waals surface area contributed by atoms with E-state index < -0.39 is 0 Å². The van der Waals surface area contributed by atoms with Gasteiger partial charge < -0.3 is 9.88 Å². The fourth-order valence-electron chi connectivity index (χ4n) is 5.60. The van der Waals surface area contributed by atoms with E-state index in [2.05, 4.69) is 52.3 Å². The highest BCUT2D eigenvalue weighted by atomic mass is 32.1. The summed E-state index contributed by atoms with van der Waals surface area (Å²) in [5.41, 5.74) is 7.56. The van der Waals surface area contributed by atoms with E-state index in [1.54, 1.807) is 16.9 Å². The standard InChI is InChI=1S/C30H38N4OS/c1-3-24-18-23(14-16-31-24)30-33-27(20-36-30)28-19-26(29(35)32-25-12-8-5-9-13-25)21(2)34(28)17-15-22-10-6-4-7-11-22/h10,14,16,18-20,25H,3-9,11-13,15,17H2,1-2H3,(H,32,35). The van der Waals surface area contributed by atoms with Crippen LogP contribution in [0, 0.1) is 6.92 Å². The molecule has 2 aliphatic carbocycles. The minimum absolute atomic E-state index is 0.0634. The number of thiazole rings is 1. The van der Waals surface area contributed by atoms with Crippen molar-refractivity contribution in [1.29, 1.82) is 0 Å². The SMILES string of the molecule is CCc1cc(-c2nc(-c3cc(C(=O)NC4CCCCC4)c(C)n3CCC3=CCCCC3)cs2)ccn1. The number of allylic oxidation sites excluding steroid dienone is 2. The summed E-state index contributed by atoms with van der Waals surface area (Å²) in [5, 5.41) is 6.46. The zero-order valence-electron chi connectivity index (χ0n) is 21.7. The van der Waals surface area contributed by atoms with Gasteiger partial charge in [0.1, 0.15) is 5.01 Å². The molecule has 0 spiro atoms. The van der Waals surface area contributed by atoms with Crippen molar-refractivity contribution in [3.05, 3.63) is 58.4 Å². The maximum atomic E-state index is 13.4. The molecule has 5 nitrogen and oxygen atoms in total. The van der Waals surface area contributed by atoms with E-state index in [0.29, 0.717) is 6.04 Å². The number of carbonyl (C=O) groups is 1. The van der Waals surface area contributed by atoms with Gasteiger partial charge in [-0.15, -0.1) is 11.3 Å². The van der Waals surface area contributed by atoms with E-state index in [4.69, 9.17) is 4.98 Å². The van der Waals surface area contributed by atoms with Crippen molar-refractivity contribution in [3.8, 4) is 22.0 Å². The summed E-state index contributed by atoms with van der Waals surface area (Å²) in [7, 11) is 0. The molecule has 3 aromatic rings. The van der Waals surface area contributed by atoms with Crippen molar-refractivity contribution in [3.63, 3.8) is 0 Å². The van der Waals surface area contributed by atoms with Crippen LogP contribution in [-0.4, -0.2) is 26.5 Å². The second kappa shape index (κ2) is 11.5. The van der Waals surface area contributed by atoms with Crippen LogP contribution in [0.2, 0.25) is 0 Å². The van der Waals surface area contributed by atoms with Crippen LogP contribution in [0.3, 0.4) is 0 Å². The van der Waals surface area contributed by atoms with Crippen LogP contribution in [0.4, 0.5) is 0 Å². The molecule has 0 aliphatic heterocycles. The lowest BCUT2D eigenvalue weighted by Gasteiger charge is -2.22. The molecule has 2 aliphatic rings. The monoisotopic (exact) mass is 502 g/mol. The fourth-order valence-corrected chi connectivity index (χ4v) is 6.41. The molecule has 0 atom stereocenters. The van der Waals surface area contributed by atoms with Crippen molar-refractivity contribution < 1.29 is 4.79 Å². The van der Waals surface area contributed by atoms with Gasteiger partial charge in [0, 0.05) is 41.1 Å². The third-order valence-electron chi connectivity index (χ3n) is 7.79. The predicted molar refractivity (Wildman–Crippen MR) is 148 cm³/mol. The second-order valence-corrected chi connectivity index (χ2v) is 11.1. The van der Waals surface area contributed by atoms with Gasteiger partial charge in [0.15, 0.2) is 0 Å². The quantitative estimate of drug-likeness (QED) is 0.325. The summed E-state index contributed by atoms with van der Waals surface area (Å²) in [5.74, 6) is 0.0634. The van der Waals surface area contributed by atoms with E-state index in [1.165, 1.54) is 44.9 Å². The first-order valence-electron chi connectivity index (χ1n) is 13.7. The minimum Gasteiger partial charge on any atom is -0.349 e. The number of hydrogen-bond acceptors (Lipinski definition) is 4. The van der Waals surface area contributed by atoms with Gasteiger partial charge in [-0.05, 0) is 76.5 Å². The molecule has 0 saturated heterocycles. The summed E-state index contributed by atoms with van der Waals surface area (Å²) in [6.07, 6.45) is 17.1. The van der Waals surface area contributed by atoms with Crippen LogP contribution < -0.4 is 5.32 Å². The summed E-state index contributed by atoms with van der Waals surface area (Å²) in [4.78, 5) is 22.8. The number of amides is 1. The van der Waals surface area contributed by atoms with Crippen LogP contribution in [0.5, 0.6) is 0 Å². The van der Waals surface area contributed by atoms with Gasteiger partial charge in [0.2, 0.25) is 0 Å². The highest BCUT2D eigenvalue weighted by Gasteiger charge is 2.23. The van der Waals surface area contributed by atoms with E-state index >= 15 is 0 Å². The lowest BCUT2D eigenvalue weighted by molar-refractivity contribution is 0.0927. The number of aromatic nitrogens is 3. The van der Waals surface area contributed by atoms with E-state index in [9.17, 15) is 4.79 Å². The van der Waals surface area contributed by atoms with Gasteiger partial charge >= 0.3 is 0 Å². The van der Waals surface area contributed by atoms with Crippen LogP contribution in [0.25, 0.3) is 22.0 Å².